The molecule has 0 aliphatic heterocycles. The molecule has 0 aliphatic carbocycles. The second-order valence-corrected chi connectivity index (χ2v) is 10.6. The van der Waals surface area contributed by atoms with Crippen LogP contribution in [0.2, 0.25) is 0 Å². The molecule has 0 aromatic rings. The predicted octanol–water partition coefficient (Wildman–Crippen LogP) is 1.09. The largest absolute Gasteiger partial charge is 0.467 e. The summed E-state index contributed by atoms with van der Waals surface area (Å²) in [6.45, 7) is 12.4. The minimum absolute atomic E-state index is 0.193. The van der Waals surface area contributed by atoms with Crippen molar-refractivity contribution >= 4 is 30.0 Å². The molecule has 0 aromatic carbocycles. The molecule has 0 heterocycles. The van der Waals surface area contributed by atoms with E-state index in [1.54, 1.807) is 41.5 Å². The molecule has 4 amide bonds. The Labute approximate surface area is 219 Å². The van der Waals surface area contributed by atoms with Crippen LogP contribution in [0.4, 0.5) is 9.59 Å². The van der Waals surface area contributed by atoms with Crippen LogP contribution in [0.1, 0.15) is 74.1 Å². The number of esters is 1. The molecular formula is C24H45N5O8. The Balaban J connectivity index is 4.53. The molecule has 0 saturated heterocycles. The van der Waals surface area contributed by atoms with Crippen LogP contribution in [0.5, 0.6) is 0 Å². The first kappa shape index (κ1) is 33.9. The standard InChI is InChI=1S/C24H45N5O8/c1-15(28-19(31)16(25)11-9-13-26-21(33)36-23(2,3)4)18(30)29-17(20(32)35-8)12-10-14-27-22(34)37-24(5,6)7/h15-17H,9-14,25H2,1-8H3,(H,26,33)(H,27,34)(H,28,31)(H,29,30). The Morgan fingerprint density at radius 2 is 1.22 bits per heavy atom. The third-order valence-corrected chi connectivity index (χ3v) is 4.59. The maximum absolute atomic E-state index is 12.6. The van der Waals surface area contributed by atoms with Crippen molar-refractivity contribution in [2.45, 2.75) is 103 Å². The van der Waals surface area contributed by atoms with Gasteiger partial charge in [0.15, 0.2) is 0 Å². The Bertz CT molecular complexity index is 776. The highest BCUT2D eigenvalue weighted by molar-refractivity contribution is 5.91. The van der Waals surface area contributed by atoms with Gasteiger partial charge in [0.1, 0.15) is 23.3 Å². The second kappa shape index (κ2) is 15.9. The zero-order chi connectivity index (χ0) is 28.8. The first-order chi connectivity index (χ1) is 16.9. The highest BCUT2D eigenvalue weighted by atomic mass is 16.6. The lowest BCUT2D eigenvalue weighted by atomic mass is 10.1. The maximum atomic E-state index is 12.6. The number of ether oxygens (including phenoxy) is 3. The Hall–Kier alpha value is -3.09. The van der Waals surface area contributed by atoms with Crippen LogP contribution < -0.4 is 27.0 Å². The van der Waals surface area contributed by atoms with E-state index in [1.807, 2.05) is 0 Å². The SMILES string of the molecule is COC(=O)C(CCCNC(=O)OC(C)(C)C)NC(=O)C(C)NC(=O)C(N)CCCNC(=O)OC(C)(C)C. The number of nitrogens with two attached hydrogens (primary N) is 1. The van der Waals surface area contributed by atoms with Crippen LogP contribution in [0, 0.1) is 0 Å². The van der Waals surface area contributed by atoms with Crippen LogP contribution in [-0.2, 0) is 28.6 Å². The number of methoxy groups -OCH3 is 1. The summed E-state index contributed by atoms with van der Waals surface area (Å²) in [5, 5.41) is 10.2. The average molecular weight is 532 g/mol. The topological polar surface area (TPSA) is 187 Å². The lowest BCUT2D eigenvalue weighted by Crippen LogP contribution is -2.53. The Morgan fingerprint density at radius 3 is 1.65 bits per heavy atom. The van der Waals surface area contributed by atoms with E-state index in [4.69, 9.17) is 19.9 Å². The molecule has 0 aromatic heterocycles. The van der Waals surface area contributed by atoms with Gasteiger partial charge in [-0.1, -0.05) is 0 Å². The van der Waals surface area contributed by atoms with Gasteiger partial charge in [0.25, 0.3) is 0 Å². The van der Waals surface area contributed by atoms with E-state index in [0.29, 0.717) is 12.8 Å². The van der Waals surface area contributed by atoms with E-state index < -0.39 is 59.3 Å². The fourth-order valence-corrected chi connectivity index (χ4v) is 2.84. The number of hydrogen-bond acceptors (Lipinski definition) is 9. The normalized spacial score (nSPS) is 13.9. The highest BCUT2D eigenvalue weighted by Crippen LogP contribution is 2.08. The van der Waals surface area contributed by atoms with Crippen molar-refractivity contribution in [2.24, 2.45) is 5.73 Å². The van der Waals surface area contributed by atoms with Gasteiger partial charge in [0, 0.05) is 13.1 Å². The number of amides is 4. The van der Waals surface area contributed by atoms with Gasteiger partial charge in [-0.25, -0.2) is 14.4 Å². The molecule has 0 spiro atoms. The summed E-state index contributed by atoms with van der Waals surface area (Å²) < 4.78 is 15.0. The number of rotatable bonds is 13. The zero-order valence-corrected chi connectivity index (χ0v) is 23.3. The van der Waals surface area contributed by atoms with E-state index in [9.17, 15) is 24.0 Å². The number of nitrogens with one attached hydrogen (secondary N) is 4. The third kappa shape index (κ3) is 17.1. The summed E-state index contributed by atoms with van der Waals surface area (Å²) in [6.07, 6.45) is 0.110. The van der Waals surface area contributed by atoms with Gasteiger partial charge < -0.3 is 41.2 Å². The Kier molecular flexibility index (Phi) is 14.6. The van der Waals surface area contributed by atoms with E-state index in [0.717, 1.165) is 0 Å². The van der Waals surface area contributed by atoms with E-state index >= 15 is 0 Å². The van der Waals surface area contributed by atoms with Crippen molar-refractivity contribution in [2.75, 3.05) is 20.2 Å². The van der Waals surface area contributed by atoms with Crippen molar-refractivity contribution in [3.63, 3.8) is 0 Å². The van der Waals surface area contributed by atoms with Crippen molar-refractivity contribution in [3.8, 4) is 0 Å². The summed E-state index contributed by atoms with van der Waals surface area (Å²) in [7, 11) is 1.20. The minimum atomic E-state index is -0.968. The van der Waals surface area contributed by atoms with Crippen molar-refractivity contribution in [3.05, 3.63) is 0 Å². The molecular weight excluding hydrogens is 486 g/mol. The van der Waals surface area contributed by atoms with Crippen LogP contribution in [0.3, 0.4) is 0 Å². The quantitative estimate of drug-likeness (QED) is 0.132. The second-order valence-electron chi connectivity index (χ2n) is 10.6. The van der Waals surface area contributed by atoms with Crippen LogP contribution >= 0.6 is 0 Å². The van der Waals surface area contributed by atoms with Crippen molar-refractivity contribution in [1.82, 2.24) is 21.3 Å². The molecule has 0 aliphatic rings. The Morgan fingerprint density at radius 1 is 0.757 bits per heavy atom. The number of alkyl carbamates (subject to hydrolysis) is 2. The first-order valence-electron chi connectivity index (χ1n) is 12.3. The van der Waals surface area contributed by atoms with Gasteiger partial charge in [-0.2, -0.15) is 0 Å². The molecule has 6 N–H and O–H groups in total. The number of carbonyl (C=O) groups excluding carboxylic acids is 5. The number of carbonyl (C=O) groups is 5. The fourth-order valence-electron chi connectivity index (χ4n) is 2.84. The van der Waals surface area contributed by atoms with Crippen LogP contribution in [0.15, 0.2) is 0 Å². The monoisotopic (exact) mass is 531 g/mol. The lowest BCUT2D eigenvalue weighted by molar-refractivity contribution is -0.145. The molecule has 0 radical (unpaired) electrons. The molecule has 0 saturated carbocycles. The summed E-state index contributed by atoms with van der Waals surface area (Å²) in [6, 6.07) is -2.83. The van der Waals surface area contributed by atoms with Crippen molar-refractivity contribution in [1.29, 1.82) is 0 Å². The van der Waals surface area contributed by atoms with E-state index in [-0.39, 0.29) is 25.9 Å². The molecule has 13 heteroatoms. The smallest absolute Gasteiger partial charge is 0.407 e. The maximum Gasteiger partial charge on any atom is 0.407 e. The summed E-state index contributed by atoms with van der Waals surface area (Å²) in [5.74, 6) is -1.79. The van der Waals surface area contributed by atoms with Gasteiger partial charge in [-0.3, -0.25) is 9.59 Å². The molecule has 0 bridgehead atoms. The molecule has 0 rings (SSSR count). The van der Waals surface area contributed by atoms with Gasteiger partial charge in [0.2, 0.25) is 11.8 Å². The number of hydrogen-bond donors (Lipinski definition) is 5. The van der Waals surface area contributed by atoms with Crippen molar-refractivity contribution < 1.29 is 38.2 Å². The third-order valence-electron chi connectivity index (χ3n) is 4.59. The van der Waals surface area contributed by atoms with Gasteiger partial charge >= 0.3 is 18.2 Å². The molecule has 3 unspecified atom stereocenters. The summed E-state index contributed by atoms with van der Waals surface area (Å²) >= 11 is 0. The minimum Gasteiger partial charge on any atom is -0.467 e. The van der Waals surface area contributed by atoms with Crippen LogP contribution in [-0.4, -0.2) is 79.5 Å². The molecule has 0 fully saturated rings. The molecule has 214 valence electrons. The van der Waals surface area contributed by atoms with Crippen LogP contribution in [0.25, 0.3) is 0 Å². The van der Waals surface area contributed by atoms with E-state index in [1.165, 1.54) is 14.0 Å². The summed E-state index contributed by atoms with van der Waals surface area (Å²) in [4.78, 5) is 60.3. The molecule has 3 atom stereocenters. The summed E-state index contributed by atoms with van der Waals surface area (Å²) in [5.41, 5.74) is 4.65. The van der Waals surface area contributed by atoms with Gasteiger partial charge in [0.05, 0.1) is 13.2 Å². The van der Waals surface area contributed by atoms with E-state index in [2.05, 4.69) is 21.3 Å². The first-order valence-corrected chi connectivity index (χ1v) is 12.3. The molecule has 13 nitrogen and oxygen atoms in total. The fraction of sp³-hybridized carbons (Fsp3) is 0.792. The zero-order valence-electron chi connectivity index (χ0n) is 23.3. The van der Waals surface area contributed by atoms with Gasteiger partial charge in [-0.15, -0.1) is 0 Å². The average Bonchev–Trinajstić information content (AvgIpc) is 2.75. The van der Waals surface area contributed by atoms with Gasteiger partial charge in [-0.05, 0) is 74.1 Å². The highest BCUT2D eigenvalue weighted by Gasteiger charge is 2.26. The predicted molar refractivity (Wildman–Crippen MR) is 136 cm³/mol. The molecule has 37 heavy (non-hydrogen) atoms. The lowest BCUT2D eigenvalue weighted by Gasteiger charge is -2.22.